The van der Waals surface area contributed by atoms with Crippen molar-refractivity contribution in [1.82, 2.24) is 19.7 Å². The monoisotopic (exact) mass is 346 g/mol. The highest BCUT2D eigenvalue weighted by molar-refractivity contribution is 5.76. The first-order valence-corrected chi connectivity index (χ1v) is 8.26. The van der Waals surface area contributed by atoms with Gasteiger partial charge in [-0.1, -0.05) is 20.8 Å². The second-order valence-electron chi connectivity index (χ2n) is 7.20. The number of aromatic nitrogens is 3. The van der Waals surface area contributed by atoms with E-state index in [1.807, 2.05) is 45.0 Å². The normalized spacial score (nSPS) is 11.4. The minimum absolute atomic E-state index is 0.0214. The lowest BCUT2D eigenvalue weighted by molar-refractivity contribution is -0.122. The minimum atomic E-state index is -0.212. The van der Waals surface area contributed by atoms with Crippen molar-refractivity contribution >= 4 is 5.91 Å². The van der Waals surface area contributed by atoms with E-state index in [0.29, 0.717) is 25.3 Å². The number of methoxy groups -OCH3 is 1. The number of amides is 1. The van der Waals surface area contributed by atoms with Crippen LogP contribution in [0, 0.1) is 5.41 Å². The van der Waals surface area contributed by atoms with Crippen LogP contribution in [0.2, 0.25) is 0 Å². The lowest BCUT2D eigenvalue weighted by Crippen LogP contribution is -2.33. The SMILES string of the molecule is COc1ccc(-c2nn(CCNC(=O)CC(C)(C)C)c(=O)n2C)cc1. The highest BCUT2D eigenvalue weighted by Gasteiger charge is 2.16. The molecule has 0 radical (unpaired) electrons. The molecule has 7 heteroatoms. The Bertz CT molecular complexity index is 782. The first-order valence-electron chi connectivity index (χ1n) is 8.26. The molecule has 0 bridgehead atoms. The number of carbonyl (C=O) groups is 1. The van der Waals surface area contributed by atoms with Crippen LogP contribution in [0.3, 0.4) is 0 Å². The molecule has 1 aromatic heterocycles. The molecule has 2 rings (SSSR count). The second-order valence-corrected chi connectivity index (χ2v) is 7.20. The fourth-order valence-corrected chi connectivity index (χ4v) is 2.47. The van der Waals surface area contributed by atoms with E-state index in [1.165, 1.54) is 9.25 Å². The molecular formula is C18H26N4O3. The van der Waals surface area contributed by atoms with Gasteiger partial charge in [0, 0.05) is 25.6 Å². The molecule has 0 aliphatic carbocycles. The molecule has 0 saturated carbocycles. The predicted molar refractivity (Wildman–Crippen MR) is 96.5 cm³/mol. The van der Waals surface area contributed by atoms with Gasteiger partial charge in [-0.3, -0.25) is 9.36 Å². The van der Waals surface area contributed by atoms with E-state index >= 15 is 0 Å². The lowest BCUT2D eigenvalue weighted by Gasteiger charge is -2.17. The lowest BCUT2D eigenvalue weighted by atomic mass is 9.92. The summed E-state index contributed by atoms with van der Waals surface area (Å²) in [6, 6.07) is 7.36. The van der Waals surface area contributed by atoms with Gasteiger partial charge in [0.15, 0.2) is 5.82 Å². The first-order chi connectivity index (χ1) is 11.7. The number of carbonyl (C=O) groups excluding carboxylic acids is 1. The Morgan fingerprint density at radius 2 is 1.88 bits per heavy atom. The third-order valence-electron chi connectivity index (χ3n) is 3.73. The Kier molecular flexibility index (Phi) is 5.66. The maximum atomic E-state index is 12.3. The summed E-state index contributed by atoms with van der Waals surface area (Å²) in [6.07, 6.45) is 0.446. The van der Waals surface area contributed by atoms with Gasteiger partial charge in [-0.05, 0) is 29.7 Å². The third-order valence-corrected chi connectivity index (χ3v) is 3.73. The maximum absolute atomic E-state index is 12.3. The summed E-state index contributed by atoms with van der Waals surface area (Å²) in [7, 11) is 3.29. The maximum Gasteiger partial charge on any atom is 0.345 e. The van der Waals surface area contributed by atoms with Crippen molar-refractivity contribution in [2.45, 2.75) is 33.7 Å². The van der Waals surface area contributed by atoms with Crippen LogP contribution in [-0.4, -0.2) is 33.9 Å². The Labute approximate surface area is 147 Å². The number of rotatable bonds is 6. The summed E-state index contributed by atoms with van der Waals surface area (Å²) in [5, 5.41) is 7.22. The average Bonchev–Trinajstić information content (AvgIpc) is 2.82. The molecule has 0 aliphatic heterocycles. The molecule has 7 nitrogen and oxygen atoms in total. The summed E-state index contributed by atoms with van der Waals surface area (Å²) >= 11 is 0. The van der Waals surface area contributed by atoms with Gasteiger partial charge in [-0.2, -0.15) is 0 Å². The quantitative estimate of drug-likeness (QED) is 0.865. The van der Waals surface area contributed by atoms with Crippen molar-refractivity contribution in [2.75, 3.05) is 13.7 Å². The van der Waals surface area contributed by atoms with E-state index in [0.717, 1.165) is 11.3 Å². The molecule has 25 heavy (non-hydrogen) atoms. The summed E-state index contributed by atoms with van der Waals surface area (Å²) in [5.74, 6) is 1.30. The second kappa shape index (κ2) is 7.55. The van der Waals surface area contributed by atoms with Crippen molar-refractivity contribution in [2.24, 2.45) is 12.5 Å². The van der Waals surface area contributed by atoms with E-state index in [9.17, 15) is 9.59 Å². The number of hydrogen-bond donors (Lipinski definition) is 1. The molecule has 0 atom stereocenters. The van der Waals surface area contributed by atoms with E-state index in [2.05, 4.69) is 10.4 Å². The summed E-state index contributed by atoms with van der Waals surface area (Å²) < 4.78 is 8.01. The average molecular weight is 346 g/mol. The topological polar surface area (TPSA) is 78.2 Å². The Morgan fingerprint density at radius 3 is 2.44 bits per heavy atom. The van der Waals surface area contributed by atoms with E-state index in [1.54, 1.807) is 14.2 Å². The van der Waals surface area contributed by atoms with Crippen LogP contribution in [0.25, 0.3) is 11.4 Å². The van der Waals surface area contributed by atoms with E-state index in [4.69, 9.17) is 4.74 Å². The molecule has 0 aliphatic rings. The number of hydrogen-bond acceptors (Lipinski definition) is 4. The van der Waals surface area contributed by atoms with Crippen LogP contribution in [0.1, 0.15) is 27.2 Å². The minimum Gasteiger partial charge on any atom is -0.497 e. The molecule has 0 unspecified atom stereocenters. The fraction of sp³-hybridized carbons (Fsp3) is 0.500. The Balaban J connectivity index is 2.05. The van der Waals surface area contributed by atoms with Gasteiger partial charge in [0.25, 0.3) is 0 Å². The van der Waals surface area contributed by atoms with Crippen LogP contribution < -0.4 is 15.7 Å². The van der Waals surface area contributed by atoms with Crippen molar-refractivity contribution < 1.29 is 9.53 Å². The largest absolute Gasteiger partial charge is 0.497 e. The standard InChI is InChI=1S/C18H26N4O3/c1-18(2,3)12-15(23)19-10-11-22-17(24)21(4)16(20-22)13-6-8-14(25-5)9-7-13/h6-9H,10-12H2,1-5H3,(H,19,23). The molecule has 1 N–H and O–H groups in total. The molecule has 136 valence electrons. The molecular weight excluding hydrogens is 320 g/mol. The highest BCUT2D eigenvalue weighted by Crippen LogP contribution is 2.19. The van der Waals surface area contributed by atoms with E-state index < -0.39 is 0 Å². The smallest absolute Gasteiger partial charge is 0.345 e. The van der Waals surface area contributed by atoms with E-state index in [-0.39, 0.29) is 17.0 Å². The van der Waals surface area contributed by atoms with Gasteiger partial charge < -0.3 is 10.1 Å². The number of nitrogens with zero attached hydrogens (tertiary/aromatic N) is 3. The van der Waals surface area contributed by atoms with Crippen LogP contribution in [-0.2, 0) is 18.4 Å². The molecule has 1 amide bonds. The molecule has 1 aromatic carbocycles. The summed E-state index contributed by atoms with van der Waals surface area (Å²) in [5.41, 5.74) is 0.555. The first kappa shape index (κ1) is 18.8. The van der Waals surface area contributed by atoms with Crippen LogP contribution in [0.15, 0.2) is 29.1 Å². The number of benzene rings is 1. The molecule has 2 aromatic rings. The summed E-state index contributed by atoms with van der Waals surface area (Å²) in [4.78, 5) is 24.2. The van der Waals surface area contributed by atoms with Crippen molar-refractivity contribution in [1.29, 1.82) is 0 Å². The van der Waals surface area contributed by atoms with Crippen LogP contribution in [0.5, 0.6) is 5.75 Å². The van der Waals surface area contributed by atoms with Gasteiger partial charge in [0.05, 0.1) is 13.7 Å². The van der Waals surface area contributed by atoms with Crippen molar-refractivity contribution in [3.05, 3.63) is 34.7 Å². The van der Waals surface area contributed by atoms with Crippen LogP contribution in [0.4, 0.5) is 0 Å². The fourth-order valence-electron chi connectivity index (χ4n) is 2.47. The predicted octanol–water partition coefficient (Wildman–Crippen LogP) is 1.81. The molecule has 1 heterocycles. The van der Waals surface area contributed by atoms with Gasteiger partial charge in [-0.15, -0.1) is 5.10 Å². The van der Waals surface area contributed by atoms with Gasteiger partial charge >= 0.3 is 5.69 Å². The number of nitrogens with one attached hydrogen (secondary N) is 1. The number of ether oxygens (including phenoxy) is 1. The zero-order chi connectivity index (χ0) is 18.6. The molecule has 0 saturated heterocycles. The highest BCUT2D eigenvalue weighted by atomic mass is 16.5. The van der Waals surface area contributed by atoms with Crippen LogP contribution >= 0.6 is 0 Å². The third kappa shape index (κ3) is 4.95. The Morgan fingerprint density at radius 1 is 1.24 bits per heavy atom. The van der Waals surface area contributed by atoms with Crippen molar-refractivity contribution in [3.8, 4) is 17.1 Å². The van der Waals surface area contributed by atoms with Gasteiger partial charge in [0.2, 0.25) is 5.91 Å². The molecule has 0 spiro atoms. The molecule has 0 fully saturated rings. The zero-order valence-corrected chi connectivity index (χ0v) is 15.5. The summed E-state index contributed by atoms with van der Waals surface area (Å²) in [6.45, 7) is 6.73. The van der Waals surface area contributed by atoms with Crippen molar-refractivity contribution in [3.63, 3.8) is 0 Å². The van der Waals surface area contributed by atoms with Gasteiger partial charge in [0.1, 0.15) is 5.75 Å². The van der Waals surface area contributed by atoms with Gasteiger partial charge in [-0.25, -0.2) is 9.48 Å². The Hall–Kier alpha value is -2.57. The zero-order valence-electron chi connectivity index (χ0n) is 15.5.